The number of anilines is 1. The minimum absolute atomic E-state index is 0.201. The molecule has 38 heavy (non-hydrogen) atoms. The van der Waals surface area contributed by atoms with Crippen LogP contribution in [0, 0.1) is 0 Å². The number of ether oxygens (including phenoxy) is 1. The summed E-state index contributed by atoms with van der Waals surface area (Å²) in [5.74, 6) is 0.209. The van der Waals surface area contributed by atoms with Crippen LogP contribution in [0.1, 0.15) is 30.9 Å². The summed E-state index contributed by atoms with van der Waals surface area (Å²) < 4.78 is 42.4. The summed E-state index contributed by atoms with van der Waals surface area (Å²) in [6.07, 6.45) is 0.271. The molecule has 1 aromatic heterocycles. The second-order valence-corrected chi connectivity index (χ2v) is 8.60. The number of urea groups is 1. The average molecular weight is 524 g/mol. The lowest BCUT2D eigenvalue weighted by Gasteiger charge is -2.11. The Morgan fingerprint density at radius 3 is 2.42 bits per heavy atom. The van der Waals surface area contributed by atoms with Crippen molar-refractivity contribution in [3.8, 4) is 22.8 Å². The molecular formula is C28H28F3N5O2. The van der Waals surface area contributed by atoms with Gasteiger partial charge in [0.2, 0.25) is 0 Å². The van der Waals surface area contributed by atoms with E-state index in [9.17, 15) is 18.0 Å². The van der Waals surface area contributed by atoms with Crippen LogP contribution in [0.4, 0.5) is 23.7 Å². The summed E-state index contributed by atoms with van der Waals surface area (Å²) >= 11 is 0. The van der Waals surface area contributed by atoms with Crippen LogP contribution < -0.4 is 15.4 Å². The fourth-order valence-electron chi connectivity index (χ4n) is 3.91. The van der Waals surface area contributed by atoms with E-state index in [-0.39, 0.29) is 11.8 Å². The Labute approximate surface area is 218 Å². The molecule has 0 aliphatic carbocycles. The Kier molecular flexibility index (Phi) is 8.62. The van der Waals surface area contributed by atoms with Crippen LogP contribution >= 0.6 is 0 Å². The van der Waals surface area contributed by atoms with E-state index in [2.05, 4.69) is 32.4 Å². The lowest BCUT2D eigenvalue weighted by molar-refractivity contribution is -0.274. The molecule has 0 unspecified atom stereocenters. The second-order valence-electron chi connectivity index (χ2n) is 8.60. The van der Waals surface area contributed by atoms with Gasteiger partial charge in [0.25, 0.3) is 0 Å². The summed E-state index contributed by atoms with van der Waals surface area (Å²) in [6, 6.07) is 20.9. The van der Waals surface area contributed by atoms with Crippen LogP contribution in [0.3, 0.4) is 0 Å². The number of halogens is 3. The number of aromatic nitrogens is 3. The van der Waals surface area contributed by atoms with Crippen molar-refractivity contribution in [1.29, 1.82) is 0 Å². The number of carbonyl (C=O) groups excluding carboxylic acids is 1. The number of hydrogen-bond acceptors (Lipinski definition) is 4. The zero-order valence-corrected chi connectivity index (χ0v) is 20.8. The molecule has 1 heterocycles. The SMILES string of the molecule is CCc1ccccc1NC(=O)NCCCCc1ccc(-c2ncn(-c3ccc(OC(F)(F)F)cc3)n2)cc1. The summed E-state index contributed by atoms with van der Waals surface area (Å²) in [7, 11) is 0. The highest BCUT2D eigenvalue weighted by atomic mass is 19.4. The molecule has 3 aromatic carbocycles. The molecule has 4 aromatic rings. The topological polar surface area (TPSA) is 81.1 Å². The number of hydrogen-bond donors (Lipinski definition) is 2. The van der Waals surface area contributed by atoms with Crippen LogP contribution in [0.25, 0.3) is 17.1 Å². The molecular weight excluding hydrogens is 495 g/mol. The van der Waals surface area contributed by atoms with Crippen LogP contribution in [0.5, 0.6) is 5.75 Å². The van der Waals surface area contributed by atoms with Gasteiger partial charge in [0.05, 0.1) is 5.69 Å². The summed E-state index contributed by atoms with van der Waals surface area (Å²) in [4.78, 5) is 16.5. The normalized spacial score (nSPS) is 11.3. The number of amides is 2. The van der Waals surface area contributed by atoms with Gasteiger partial charge in [-0.25, -0.2) is 14.5 Å². The molecule has 7 nitrogen and oxygen atoms in total. The Bertz CT molecular complexity index is 1340. The zero-order chi connectivity index (χ0) is 27.0. The summed E-state index contributed by atoms with van der Waals surface area (Å²) in [5, 5.41) is 10.2. The molecule has 0 fully saturated rings. The number of rotatable bonds is 10. The predicted molar refractivity (Wildman–Crippen MR) is 139 cm³/mol. The van der Waals surface area contributed by atoms with Gasteiger partial charge in [-0.1, -0.05) is 49.4 Å². The van der Waals surface area contributed by atoms with Crippen LogP contribution in [0.15, 0.2) is 79.1 Å². The van der Waals surface area contributed by atoms with E-state index in [1.165, 1.54) is 35.3 Å². The monoisotopic (exact) mass is 523 g/mol. The zero-order valence-electron chi connectivity index (χ0n) is 20.8. The fraction of sp³-hybridized carbons (Fsp3) is 0.250. The molecule has 0 bridgehead atoms. The van der Waals surface area contributed by atoms with Gasteiger partial charge >= 0.3 is 12.4 Å². The molecule has 0 atom stereocenters. The van der Waals surface area contributed by atoms with Gasteiger partial charge < -0.3 is 15.4 Å². The molecule has 0 aliphatic rings. The highest BCUT2D eigenvalue weighted by Gasteiger charge is 2.31. The molecule has 4 rings (SSSR count). The largest absolute Gasteiger partial charge is 0.573 e. The molecule has 0 aliphatic heterocycles. The lowest BCUT2D eigenvalue weighted by Crippen LogP contribution is -2.29. The minimum atomic E-state index is -4.73. The summed E-state index contributed by atoms with van der Waals surface area (Å²) in [5.41, 5.74) is 4.48. The van der Waals surface area contributed by atoms with Crippen molar-refractivity contribution >= 4 is 11.7 Å². The first-order valence-corrected chi connectivity index (χ1v) is 12.3. The minimum Gasteiger partial charge on any atom is -0.406 e. The molecule has 2 N–H and O–H groups in total. The van der Waals surface area contributed by atoms with Crippen molar-refractivity contribution in [3.05, 3.63) is 90.3 Å². The Balaban J connectivity index is 1.22. The standard InChI is InChI=1S/C28H28F3N5O2/c1-2-21-8-3-4-9-25(21)34-27(37)32-18-6-5-7-20-10-12-22(13-11-20)26-33-19-36(35-26)23-14-16-24(17-15-23)38-28(29,30)31/h3-4,8-17,19H,2,5-7,18H2,1H3,(H2,32,34,37). The van der Waals surface area contributed by atoms with E-state index in [1.54, 1.807) is 0 Å². The molecule has 0 spiro atoms. The number of aryl methyl sites for hydroxylation is 2. The maximum Gasteiger partial charge on any atom is 0.573 e. The van der Waals surface area contributed by atoms with E-state index < -0.39 is 6.36 Å². The molecule has 0 saturated heterocycles. The lowest BCUT2D eigenvalue weighted by atomic mass is 10.1. The maximum absolute atomic E-state index is 12.3. The van der Waals surface area contributed by atoms with Crippen molar-refractivity contribution in [3.63, 3.8) is 0 Å². The van der Waals surface area contributed by atoms with Gasteiger partial charge in [-0.05, 0) is 67.1 Å². The van der Waals surface area contributed by atoms with Crippen molar-refractivity contribution in [2.24, 2.45) is 0 Å². The predicted octanol–water partition coefficient (Wildman–Crippen LogP) is 6.54. The van der Waals surface area contributed by atoms with Crippen molar-refractivity contribution in [2.75, 3.05) is 11.9 Å². The Morgan fingerprint density at radius 1 is 0.974 bits per heavy atom. The number of nitrogens with zero attached hydrogens (tertiary/aromatic N) is 3. The third kappa shape index (κ3) is 7.58. The number of unbranched alkanes of at least 4 members (excludes halogenated alkanes) is 1. The van der Waals surface area contributed by atoms with E-state index in [0.29, 0.717) is 18.1 Å². The van der Waals surface area contributed by atoms with Gasteiger partial charge in [0, 0.05) is 17.8 Å². The smallest absolute Gasteiger partial charge is 0.406 e. The Morgan fingerprint density at radius 2 is 1.71 bits per heavy atom. The first-order chi connectivity index (χ1) is 18.3. The van der Waals surface area contributed by atoms with Gasteiger partial charge in [-0.3, -0.25) is 0 Å². The van der Waals surface area contributed by atoms with Gasteiger partial charge in [-0.2, -0.15) is 0 Å². The molecule has 0 radical (unpaired) electrons. The van der Waals surface area contributed by atoms with Crippen LogP contribution in [0.2, 0.25) is 0 Å². The summed E-state index contributed by atoms with van der Waals surface area (Å²) in [6.45, 7) is 2.64. The Hall–Kier alpha value is -4.34. The first kappa shape index (κ1) is 26.7. The number of nitrogens with one attached hydrogen (secondary N) is 2. The highest BCUT2D eigenvalue weighted by molar-refractivity contribution is 5.90. The quantitative estimate of drug-likeness (QED) is 0.231. The van der Waals surface area contributed by atoms with Crippen molar-refractivity contribution in [2.45, 2.75) is 39.0 Å². The third-order valence-corrected chi connectivity index (χ3v) is 5.86. The fourth-order valence-corrected chi connectivity index (χ4v) is 3.91. The maximum atomic E-state index is 12.3. The molecule has 198 valence electrons. The van der Waals surface area contributed by atoms with Gasteiger partial charge in [0.15, 0.2) is 5.82 Å². The van der Waals surface area contributed by atoms with E-state index in [4.69, 9.17) is 0 Å². The first-order valence-electron chi connectivity index (χ1n) is 12.3. The van der Waals surface area contributed by atoms with Crippen molar-refractivity contribution in [1.82, 2.24) is 20.1 Å². The number of carbonyl (C=O) groups is 1. The average Bonchev–Trinajstić information content (AvgIpc) is 3.39. The van der Waals surface area contributed by atoms with Crippen LogP contribution in [-0.2, 0) is 12.8 Å². The third-order valence-electron chi connectivity index (χ3n) is 5.86. The van der Waals surface area contributed by atoms with Crippen LogP contribution in [-0.4, -0.2) is 33.7 Å². The second kappa shape index (κ2) is 12.3. The highest BCUT2D eigenvalue weighted by Crippen LogP contribution is 2.24. The molecule has 10 heteroatoms. The van der Waals surface area contributed by atoms with Gasteiger partial charge in [0.1, 0.15) is 12.1 Å². The molecule has 2 amide bonds. The number of alkyl halides is 3. The van der Waals surface area contributed by atoms with E-state index >= 15 is 0 Å². The van der Waals surface area contributed by atoms with E-state index in [1.807, 2.05) is 48.5 Å². The number of para-hydroxylation sites is 1. The molecule has 0 saturated carbocycles. The van der Waals surface area contributed by atoms with Gasteiger partial charge in [-0.15, -0.1) is 18.3 Å². The van der Waals surface area contributed by atoms with Crippen molar-refractivity contribution < 1.29 is 22.7 Å². The number of benzene rings is 3. The van der Waals surface area contributed by atoms with E-state index in [0.717, 1.165) is 48.1 Å².